The zero-order valence-electron chi connectivity index (χ0n) is 13.7. The molecule has 1 saturated heterocycles. The van der Waals surface area contributed by atoms with Crippen LogP contribution >= 0.6 is 0 Å². The molecule has 3 heterocycles. The molecule has 1 aliphatic rings. The molecule has 6 heteroatoms. The summed E-state index contributed by atoms with van der Waals surface area (Å²) in [6.45, 7) is 7.44. The molecule has 0 atom stereocenters. The maximum atomic E-state index is 5.40. The highest BCUT2D eigenvalue weighted by atomic mass is 16.5. The molecule has 3 rings (SSSR count). The molecule has 0 radical (unpaired) electrons. The predicted octanol–water partition coefficient (Wildman–Crippen LogP) is 2.79. The van der Waals surface area contributed by atoms with Gasteiger partial charge < -0.3 is 15.0 Å². The third-order valence-electron chi connectivity index (χ3n) is 3.80. The van der Waals surface area contributed by atoms with Crippen molar-refractivity contribution in [3.8, 4) is 5.88 Å². The van der Waals surface area contributed by atoms with Crippen LogP contribution < -0.4 is 15.0 Å². The third kappa shape index (κ3) is 4.09. The maximum absolute atomic E-state index is 5.40. The molecule has 1 aliphatic heterocycles. The van der Waals surface area contributed by atoms with Crippen molar-refractivity contribution in [1.29, 1.82) is 0 Å². The van der Waals surface area contributed by atoms with Gasteiger partial charge in [0.1, 0.15) is 5.82 Å². The van der Waals surface area contributed by atoms with Crippen molar-refractivity contribution >= 4 is 11.8 Å². The first kappa shape index (κ1) is 15.5. The first-order chi connectivity index (χ1) is 11.2. The number of aryl methyl sites for hydroxylation is 1. The van der Waals surface area contributed by atoms with Crippen molar-refractivity contribution in [2.24, 2.45) is 0 Å². The van der Waals surface area contributed by atoms with Crippen LogP contribution in [-0.4, -0.2) is 34.6 Å². The monoisotopic (exact) mass is 313 g/mol. The first-order valence-electron chi connectivity index (χ1n) is 8.17. The number of hydrogen-bond donors (Lipinski definition) is 1. The summed E-state index contributed by atoms with van der Waals surface area (Å²) in [5.74, 6) is 2.24. The lowest BCUT2D eigenvalue weighted by molar-refractivity contribution is 0.326. The molecule has 1 N–H and O–H groups in total. The molecule has 2 aromatic rings. The number of hydrogen-bond acceptors (Lipinski definition) is 6. The number of anilines is 2. The fourth-order valence-corrected chi connectivity index (χ4v) is 2.77. The summed E-state index contributed by atoms with van der Waals surface area (Å²) in [5, 5.41) is 3.26. The molecular weight excluding hydrogens is 290 g/mol. The van der Waals surface area contributed by atoms with Gasteiger partial charge in [0.25, 0.3) is 0 Å². The van der Waals surface area contributed by atoms with E-state index in [0.717, 1.165) is 24.6 Å². The van der Waals surface area contributed by atoms with E-state index in [2.05, 4.69) is 37.3 Å². The Hall–Kier alpha value is -2.37. The maximum Gasteiger partial charge on any atom is 0.226 e. The molecule has 0 saturated carbocycles. The SMILES string of the molecule is CCOc1ccnc(NCc2cc(C)nc(N3CCCC3)c2)n1. The minimum atomic E-state index is 0.577. The highest BCUT2D eigenvalue weighted by Crippen LogP contribution is 2.20. The van der Waals surface area contributed by atoms with Crippen LogP contribution in [0, 0.1) is 6.92 Å². The smallest absolute Gasteiger partial charge is 0.226 e. The van der Waals surface area contributed by atoms with Crippen molar-refractivity contribution in [3.05, 3.63) is 35.7 Å². The molecule has 0 aromatic carbocycles. The second-order valence-corrected chi connectivity index (χ2v) is 5.67. The second kappa shape index (κ2) is 7.26. The van der Waals surface area contributed by atoms with Crippen molar-refractivity contribution in [3.63, 3.8) is 0 Å². The average Bonchev–Trinajstić information content (AvgIpc) is 3.08. The van der Waals surface area contributed by atoms with E-state index in [1.807, 2.05) is 13.8 Å². The van der Waals surface area contributed by atoms with Gasteiger partial charge in [0.15, 0.2) is 0 Å². The van der Waals surface area contributed by atoms with E-state index < -0.39 is 0 Å². The zero-order valence-corrected chi connectivity index (χ0v) is 13.7. The fraction of sp³-hybridized carbons (Fsp3) is 0.471. The van der Waals surface area contributed by atoms with E-state index in [4.69, 9.17) is 4.74 Å². The Morgan fingerprint density at radius 2 is 2.04 bits per heavy atom. The lowest BCUT2D eigenvalue weighted by Crippen LogP contribution is -2.19. The molecule has 6 nitrogen and oxygen atoms in total. The molecule has 0 bridgehead atoms. The van der Waals surface area contributed by atoms with E-state index in [0.29, 0.717) is 25.0 Å². The van der Waals surface area contributed by atoms with Gasteiger partial charge in [-0.1, -0.05) is 0 Å². The molecule has 2 aromatic heterocycles. The quantitative estimate of drug-likeness (QED) is 0.885. The summed E-state index contributed by atoms with van der Waals surface area (Å²) in [5.41, 5.74) is 2.22. The van der Waals surface area contributed by atoms with Gasteiger partial charge in [-0.2, -0.15) is 4.98 Å². The van der Waals surface area contributed by atoms with Crippen molar-refractivity contribution in [2.75, 3.05) is 29.9 Å². The third-order valence-corrected chi connectivity index (χ3v) is 3.80. The summed E-state index contributed by atoms with van der Waals surface area (Å²) in [7, 11) is 0. The lowest BCUT2D eigenvalue weighted by Gasteiger charge is -2.18. The molecule has 1 fully saturated rings. The molecular formula is C17H23N5O. The van der Waals surface area contributed by atoms with Gasteiger partial charge in [-0.05, 0) is 44.4 Å². The Balaban J connectivity index is 1.69. The average molecular weight is 313 g/mol. The number of pyridine rings is 1. The lowest BCUT2D eigenvalue weighted by atomic mass is 10.2. The van der Waals surface area contributed by atoms with Gasteiger partial charge >= 0.3 is 0 Å². The Morgan fingerprint density at radius 3 is 2.83 bits per heavy atom. The van der Waals surface area contributed by atoms with Crippen molar-refractivity contribution in [2.45, 2.75) is 33.2 Å². The highest BCUT2D eigenvalue weighted by Gasteiger charge is 2.14. The van der Waals surface area contributed by atoms with E-state index in [9.17, 15) is 0 Å². The molecule has 23 heavy (non-hydrogen) atoms. The van der Waals surface area contributed by atoms with Gasteiger partial charge in [0.05, 0.1) is 6.61 Å². The number of nitrogens with one attached hydrogen (secondary N) is 1. The van der Waals surface area contributed by atoms with Gasteiger partial charge in [-0.25, -0.2) is 9.97 Å². The van der Waals surface area contributed by atoms with E-state index in [-0.39, 0.29) is 0 Å². The summed E-state index contributed by atoms with van der Waals surface area (Å²) < 4.78 is 5.40. The van der Waals surface area contributed by atoms with Gasteiger partial charge in [0.2, 0.25) is 11.8 Å². The van der Waals surface area contributed by atoms with Crippen molar-refractivity contribution in [1.82, 2.24) is 15.0 Å². The molecule has 122 valence electrons. The Labute approximate surface area is 136 Å². The summed E-state index contributed by atoms with van der Waals surface area (Å²) in [4.78, 5) is 15.6. The van der Waals surface area contributed by atoms with E-state index >= 15 is 0 Å². The van der Waals surface area contributed by atoms with Crippen LogP contribution in [-0.2, 0) is 6.54 Å². The van der Waals surface area contributed by atoms with Crippen LogP contribution in [0.2, 0.25) is 0 Å². The van der Waals surface area contributed by atoms with Gasteiger partial charge in [-0.15, -0.1) is 0 Å². The Kier molecular flexibility index (Phi) is 4.90. The Bertz CT molecular complexity index is 655. The molecule has 0 unspecified atom stereocenters. The highest BCUT2D eigenvalue weighted by molar-refractivity contribution is 5.44. The van der Waals surface area contributed by atoms with Crippen LogP contribution in [0.4, 0.5) is 11.8 Å². The van der Waals surface area contributed by atoms with Gasteiger partial charge in [-0.3, -0.25) is 0 Å². The normalized spacial score (nSPS) is 14.1. The van der Waals surface area contributed by atoms with E-state index in [1.54, 1.807) is 12.3 Å². The summed E-state index contributed by atoms with van der Waals surface area (Å²) in [6, 6.07) is 6.01. The summed E-state index contributed by atoms with van der Waals surface area (Å²) in [6.07, 6.45) is 4.20. The van der Waals surface area contributed by atoms with Crippen LogP contribution in [0.3, 0.4) is 0 Å². The minimum absolute atomic E-state index is 0.577. The number of ether oxygens (including phenoxy) is 1. The molecule has 0 amide bonds. The topological polar surface area (TPSA) is 63.2 Å². The van der Waals surface area contributed by atoms with Crippen LogP contribution in [0.5, 0.6) is 5.88 Å². The zero-order chi connectivity index (χ0) is 16.1. The molecule has 0 aliphatic carbocycles. The summed E-state index contributed by atoms with van der Waals surface area (Å²) >= 11 is 0. The first-order valence-corrected chi connectivity index (χ1v) is 8.17. The van der Waals surface area contributed by atoms with Crippen molar-refractivity contribution < 1.29 is 4.74 Å². The largest absolute Gasteiger partial charge is 0.478 e. The fourth-order valence-electron chi connectivity index (χ4n) is 2.77. The Morgan fingerprint density at radius 1 is 1.22 bits per heavy atom. The number of rotatable bonds is 6. The predicted molar refractivity (Wildman–Crippen MR) is 90.9 cm³/mol. The van der Waals surface area contributed by atoms with E-state index in [1.165, 1.54) is 18.4 Å². The second-order valence-electron chi connectivity index (χ2n) is 5.67. The number of aromatic nitrogens is 3. The standard InChI is InChI=1S/C17H23N5O/c1-3-23-16-6-7-18-17(21-16)19-12-14-10-13(2)20-15(11-14)22-8-4-5-9-22/h6-7,10-11H,3-5,8-9,12H2,1-2H3,(H,18,19,21). The molecule has 0 spiro atoms. The van der Waals surface area contributed by atoms with Crippen LogP contribution in [0.1, 0.15) is 31.0 Å². The van der Waals surface area contributed by atoms with Crippen LogP contribution in [0.15, 0.2) is 24.4 Å². The minimum Gasteiger partial charge on any atom is -0.478 e. The number of nitrogens with zero attached hydrogens (tertiary/aromatic N) is 4. The van der Waals surface area contributed by atoms with Crippen LogP contribution in [0.25, 0.3) is 0 Å². The van der Waals surface area contributed by atoms with Gasteiger partial charge in [0, 0.05) is 37.6 Å².